The van der Waals surface area contributed by atoms with Crippen LogP contribution in [0.5, 0.6) is 0 Å². The van der Waals surface area contributed by atoms with E-state index in [9.17, 15) is 4.21 Å². The second-order valence-electron chi connectivity index (χ2n) is 5.33. The van der Waals surface area contributed by atoms with Gasteiger partial charge in [0.05, 0.1) is 0 Å². The van der Waals surface area contributed by atoms with Crippen LogP contribution in [0.15, 0.2) is 0 Å². The van der Waals surface area contributed by atoms with Crippen LogP contribution in [0, 0.1) is 5.92 Å². The molecule has 1 rings (SSSR count). The molecule has 0 aromatic carbocycles. The van der Waals surface area contributed by atoms with Gasteiger partial charge in [0.1, 0.15) is 0 Å². The van der Waals surface area contributed by atoms with E-state index in [1.807, 2.05) is 7.05 Å². The van der Waals surface area contributed by atoms with Crippen molar-refractivity contribution in [3.8, 4) is 0 Å². The van der Waals surface area contributed by atoms with Gasteiger partial charge >= 0.3 is 0 Å². The van der Waals surface area contributed by atoms with Gasteiger partial charge in [0.25, 0.3) is 0 Å². The van der Waals surface area contributed by atoms with Gasteiger partial charge in [-0.25, -0.2) is 0 Å². The highest BCUT2D eigenvalue weighted by Crippen LogP contribution is 2.27. The fraction of sp³-hybridized carbons (Fsp3) is 1.00. The molecular weight excluding hydrogens is 230 g/mol. The van der Waals surface area contributed by atoms with E-state index in [1.165, 1.54) is 32.1 Å². The first-order chi connectivity index (χ1) is 8.22. The summed E-state index contributed by atoms with van der Waals surface area (Å²) in [5.74, 6) is 1.68. The Labute approximate surface area is 109 Å². The van der Waals surface area contributed by atoms with Crippen LogP contribution in [0.4, 0.5) is 0 Å². The summed E-state index contributed by atoms with van der Waals surface area (Å²) < 4.78 is 12.5. The summed E-state index contributed by atoms with van der Waals surface area (Å²) >= 11 is 0. The minimum Gasteiger partial charge on any atom is -0.316 e. The summed E-state index contributed by atoms with van der Waals surface area (Å²) in [6, 6.07) is 0.437. The third kappa shape index (κ3) is 4.70. The molecule has 3 atom stereocenters. The lowest BCUT2D eigenvalue weighted by atomic mass is 10.1. The van der Waals surface area contributed by atoms with E-state index in [4.69, 9.17) is 0 Å². The number of nitrogens with one attached hydrogen (secondary N) is 1. The standard InChI is InChI=1S/C14H29NOS/c1-4-8-13(15-3)14(5-2)17(16)11-12-9-6-7-10-12/h12-15H,4-11H2,1-3H3. The van der Waals surface area contributed by atoms with Gasteiger partial charge in [-0.1, -0.05) is 33.1 Å². The minimum atomic E-state index is -0.642. The molecule has 0 radical (unpaired) electrons. The van der Waals surface area contributed by atoms with Crippen molar-refractivity contribution in [3.63, 3.8) is 0 Å². The van der Waals surface area contributed by atoms with Crippen molar-refractivity contribution in [1.82, 2.24) is 5.32 Å². The molecule has 0 amide bonds. The number of hydrogen-bond donors (Lipinski definition) is 1. The summed E-state index contributed by atoms with van der Waals surface area (Å²) in [7, 11) is 1.37. The van der Waals surface area contributed by atoms with Crippen molar-refractivity contribution < 1.29 is 4.21 Å². The molecule has 0 aromatic rings. The Hall–Kier alpha value is 0.110. The van der Waals surface area contributed by atoms with Crippen LogP contribution in [-0.2, 0) is 10.8 Å². The average molecular weight is 259 g/mol. The molecule has 0 aliphatic heterocycles. The van der Waals surface area contributed by atoms with E-state index in [0.29, 0.717) is 11.3 Å². The van der Waals surface area contributed by atoms with Crippen molar-refractivity contribution in [3.05, 3.63) is 0 Å². The summed E-state index contributed by atoms with van der Waals surface area (Å²) in [6.45, 7) is 4.38. The third-order valence-corrected chi connectivity index (χ3v) is 6.17. The Kier molecular flexibility index (Phi) is 7.36. The Bertz CT molecular complexity index is 226. The smallest absolute Gasteiger partial charge is 0.0498 e. The SMILES string of the molecule is CCCC(NC)C(CC)S(=O)CC1CCCC1. The van der Waals surface area contributed by atoms with Crippen LogP contribution in [0.25, 0.3) is 0 Å². The summed E-state index contributed by atoms with van der Waals surface area (Å²) in [5, 5.41) is 3.71. The highest BCUT2D eigenvalue weighted by Gasteiger charge is 2.26. The van der Waals surface area contributed by atoms with Gasteiger partial charge in [0.15, 0.2) is 0 Å². The van der Waals surface area contributed by atoms with E-state index < -0.39 is 10.8 Å². The molecule has 2 nitrogen and oxygen atoms in total. The summed E-state index contributed by atoms with van der Waals surface area (Å²) in [6.07, 6.45) is 8.66. The van der Waals surface area contributed by atoms with Gasteiger partial charge in [0.2, 0.25) is 0 Å². The first kappa shape index (κ1) is 15.2. The Balaban J connectivity index is 2.48. The Morgan fingerprint density at radius 3 is 2.41 bits per heavy atom. The highest BCUT2D eigenvalue weighted by molar-refractivity contribution is 7.85. The zero-order valence-corrected chi connectivity index (χ0v) is 12.5. The molecule has 1 N–H and O–H groups in total. The predicted molar refractivity (Wildman–Crippen MR) is 76.8 cm³/mol. The molecule has 17 heavy (non-hydrogen) atoms. The Morgan fingerprint density at radius 1 is 1.29 bits per heavy atom. The summed E-state index contributed by atoms with van der Waals surface area (Å²) in [5.41, 5.74) is 0. The largest absolute Gasteiger partial charge is 0.316 e. The van der Waals surface area contributed by atoms with E-state index in [1.54, 1.807) is 0 Å². The molecule has 3 unspecified atom stereocenters. The van der Waals surface area contributed by atoms with Crippen LogP contribution in [0.1, 0.15) is 58.8 Å². The van der Waals surface area contributed by atoms with Crippen LogP contribution >= 0.6 is 0 Å². The molecule has 0 spiro atoms. The van der Waals surface area contributed by atoms with Crippen molar-refractivity contribution in [2.75, 3.05) is 12.8 Å². The normalized spacial score (nSPS) is 22.5. The van der Waals surface area contributed by atoms with Gasteiger partial charge in [0, 0.05) is 27.8 Å². The first-order valence-corrected chi connectivity index (χ1v) is 8.65. The molecule has 0 bridgehead atoms. The maximum absolute atomic E-state index is 12.5. The lowest BCUT2D eigenvalue weighted by Crippen LogP contribution is -2.41. The van der Waals surface area contributed by atoms with E-state index in [2.05, 4.69) is 19.2 Å². The maximum atomic E-state index is 12.5. The predicted octanol–water partition coefficient (Wildman–Crippen LogP) is 3.09. The lowest BCUT2D eigenvalue weighted by Gasteiger charge is -2.26. The van der Waals surface area contributed by atoms with Crippen LogP contribution in [0.2, 0.25) is 0 Å². The molecule has 1 saturated carbocycles. The van der Waals surface area contributed by atoms with Crippen molar-refractivity contribution in [1.29, 1.82) is 0 Å². The first-order valence-electron chi connectivity index (χ1n) is 7.27. The van der Waals surface area contributed by atoms with Crippen LogP contribution in [0.3, 0.4) is 0 Å². The van der Waals surface area contributed by atoms with Crippen molar-refractivity contribution >= 4 is 10.8 Å². The highest BCUT2D eigenvalue weighted by atomic mass is 32.2. The van der Waals surface area contributed by atoms with Crippen LogP contribution < -0.4 is 5.32 Å². The second kappa shape index (κ2) is 8.25. The third-order valence-electron chi connectivity index (χ3n) is 4.03. The Morgan fingerprint density at radius 2 is 1.94 bits per heavy atom. The molecule has 1 aliphatic rings. The van der Waals surface area contributed by atoms with Crippen molar-refractivity contribution in [2.45, 2.75) is 70.1 Å². The molecule has 1 aliphatic carbocycles. The van der Waals surface area contributed by atoms with Crippen molar-refractivity contribution in [2.24, 2.45) is 5.92 Å². The summed E-state index contributed by atoms with van der Waals surface area (Å²) in [4.78, 5) is 0. The minimum absolute atomic E-state index is 0.348. The van der Waals surface area contributed by atoms with Gasteiger partial charge in [-0.05, 0) is 38.6 Å². The molecule has 0 saturated heterocycles. The molecule has 102 valence electrons. The molecule has 0 aromatic heterocycles. The van der Waals surface area contributed by atoms with Gasteiger partial charge in [-0.3, -0.25) is 4.21 Å². The number of hydrogen-bond acceptors (Lipinski definition) is 2. The zero-order chi connectivity index (χ0) is 12.7. The lowest BCUT2D eigenvalue weighted by molar-refractivity contribution is 0.477. The quantitative estimate of drug-likeness (QED) is 0.726. The zero-order valence-electron chi connectivity index (χ0n) is 11.7. The molecule has 0 heterocycles. The van der Waals surface area contributed by atoms with Gasteiger partial charge in [-0.2, -0.15) is 0 Å². The fourth-order valence-corrected chi connectivity index (χ4v) is 5.07. The molecular formula is C14H29NOS. The van der Waals surface area contributed by atoms with Gasteiger partial charge < -0.3 is 5.32 Å². The van der Waals surface area contributed by atoms with Crippen LogP contribution in [-0.4, -0.2) is 28.3 Å². The van der Waals surface area contributed by atoms with Gasteiger partial charge in [-0.15, -0.1) is 0 Å². The topological polar surface area (TPSA) is 29.1 Å². The fourth-order valence-electron chi connectivity index (χ4n) is 3.01. The molecule has 3 heteroatoms. The molecule has 1 fully saturated rings. The van der Waals surface area contributed by atoms with E-state index >= 15 is 0 Å². The average Bonchev–Trinajstić information content (AvgIpc) is 2.81. The second-order valence-corrected chi connectivity index (χ2v) is 7.03. The van der Waals surface area contributed by atoms with E-state index in [-0.39, 0.29) is 0 Å². The maximum Gasteiger partial charge on any atom is 0.0498 e. The van der Waals surface area contributed by atoms with E-state index in [0.717, 1.165) is 24.5 Å². The monoisotopic (exact) mass is 259 g/mol. The number of rotatable bonds is 8.